The molecular weight excluding hydrogens is 336 g/mol. The molecule has 0 spiro atoms. The van der Waals surface area contributed by atoms with Crippen LogP contribution < -0.4 is 11.1 Å². The Morgan fingerprint density at radius 2 is 2.17 bits per heavy atom. The SMILES string of the molecule is NCC1(C(=O)Nc2nnc(-c3cccc(Cl)c3)s2)CCOCC1. The molecule has 0 atom stereocenters. The summed E-state index contributed by atoms with van der Waals surface area (Å²) < 4.78 is 5.33. The molecule has 3 rings (SSSR count). The monoisotopic (exact) mass is 352 g/mol. The fourth-order valence-corrected chi connectivity index (χ4v) is 3.45. The molecule has 2 heterocycles. The number of nitrogens with zero attached hydrogens (tertiary/aromatic N) is 2. The molecule has 0 aliphatic carbocycles. The Hall–Kier alpha value is -1.54. The highest BCUT2D eigenvalue weighted by Crippen LogP contribution is 2.33. The number of hydrogen-bond donors (Lipinski definition) is 2. The zero-order valence-electron chi connectivity index (χ0n) is 12.4. The molecule has 122 valence electrons. The largest absolute Gasteiger partial charge is 0.381 e. The second-order valence-electron chi connectivity index (χ2n) is 5.47. The van der Waals surface area contributed by atoms with Gasteiger partial charge in [-0.25, -0.2) is 0 Å². The fraction of sp³-hybridized carbons (Fsp3) is 0.400. The molecule has 0 unspecified atom stereocenters. The van der Waals surface area contributed by atoms with Crippen LogP contribution in [0.3, 0.4) is 0 Å². The van der Waals surface area contributed by atoms with Crippen LogP contribution in [-0.4, -0.2) is 35.9 Å². The van der Waals surface area contributed by atoms with E-state index in [4.69, 9.17) is 22.1 Å². The normalized spacial score (nSPS) is 17.0. The number of halogens is 1. The van der Waals surface area contributed by atoms with Crippen LogP contribution >= 0.6 is 22.9 Å². The Bertz CT molecular complexity index is 700. The maximum Gasteiger partial charge on any atom is 0.233 e. The summed E-state index contributed by atoms with van der Waals surface area (Å²) in [6.07, 6.45) is 1.24. The number of rotatable bonds is 4. The lowest BCUT2D eigenvalue weighted by Gasteiger charge is -2.34. The molecule has 1 aromatic heterocycles. The van der Waals surface area contributed by atoms with E-state index in [-0.39, 0.29) is 5.91 Å². The molecular formula is C15H17ClN4O2S. The molecule has 1 aliphatic heterocycles. The highest BCUT2D eigenvalue weighted by molar-refractivity contribution is 7.18. The number of benzene rings is 1. The van der Waals surface area contributed by atoms with Crippen molar-refractivity contribution >= 4 is 34.0 Å². The molecule has 1 saturated heterocycles. The number of nitrogens with one attached hydrogen (secondary N) is 1. The van der Waals surface area contributed by atoms with Gasteiger partial charge in [0.15, 0.2) is 0 Å². The number of carbonyl (C=O) groups is 1. The summed E-state index contributed by atoms with van der Waals surface area (Å²) in [5, 5.41) is 12.8. The van der Waals surface area contributed by atoms with Gasteiger partial charge in [0.1, 0.15) is 5.01 Å². The van der Waals surface area contributed by atoms with Crippen LogP contribution in [0.4, 0.5) is 5.13 Å². The Balaban J connectivity index is 1.75. The van der Waals surface area contributed by atoms with E-state index in [0.717, 1.165) is 5.56 Å². The number of ether oxygens (including phenoxy) is 1. The molecule has 0 radical (unpaired) electrons. The number of hydrogen-bond acceptors (Lipinski definition) is 6. The summed E-state index contributed by atoms with van der Waals surface area (Å²) >= 11 is 7.30. The Morgan fingerprint density at radius 3 is 2.87 bits per heavy atom. The van der Waals surface area contributed by atoms with Gasteiger partial charge in [0.05, 0.1) is 5.41 Å². The van der Waals surface area contributed by atoms with E-state index in [0.29, 0.717) is 47.8 Å². The van der Waals surface area contributed by atoms with Crippen molar-refractivity contribution in [1.29, 1.82) is 0 Å². The summed E-state index contributed by atoms with van der Waals surface area (Å²) in [4.78, 5) is 12.6. The molecule has 1 aromatic carbocycles. The van der Waals surface area contributed by atoms with Gasteiger partial charge in [0, 0.05) is 30.3 Å². The quantitative estimate of drug-likeness (QED) is 0.882. The number of carbonyl (C=O) groups excluding carboxylic acids is 1. The fourth-order valence-electron chi connectivity index (χ4n) is 2.53. The second-order valence-corrected chi connectivity index (χ2v) is 6.89. The Morgan fingerprint density at radius 1 is 1.39 bits per heavy atom. The van der Waals surface area contributed by atoms with Gasteiger partial charge in [-0.05, 0) is 25.0 Å². The molecule has 8 heteroatoms. The van der Waals surface area contributed by atoms with E-state index >= 15 is 0 Å². The Kier molecular flexibility index (Phi) is 4.91. The first-order valence-corrected chi connectivity index (χ1v) is 8.51. The third-order valence-corrected chi connectivity index (χ3v) is 5.16. The minimum absolute atomic E-state index is 0.114. The summed E-state index contributed by atoms with van der Waals surface area (Å²) in [7, 11) is 0. The summed E-state index contributed by atoms with van der Waals surface area (Å²) in [6, 6.07) is 7.36. The van der Waals surface area contributed by atoms with Crippen LogP contribution in [-0.2, 0) is 9.53 Å². The van der Waals surface area contributed by atoms with Gasteiger partial charge < -0.3 is 10.5 Å². The number of anilines is 1. The van der Waals surface area contributed by atoms with E-state index < -0.39 is 5.41 Å². The minimum atomic E-state index is -0.583. The summed E-state index contributed by atoms with van der Waals surface area (Å²) in [5.74, 6) is -0.114. The van der Waals surface area contributed by atoms with Crippen molar-refractivity contribution in [3.05, 3.63) is 29.3 Å². The maximum absolute atomic E-state index is 12.6. The van der Waals surface area contributed by atoms with E-state index in [2.05, 4.69) is 15.5 Å². The van der Waals surface area contributed by atoms with Gasteiger partial charge in [-0.15, -0.1) is 10.2 Å². The molecule has 1 fully saturated rings. The molecule has 3 N–H and O–H groups in total. The van der Waals surface area contributed by atoms with Crippen molar-refractivity contribution in [3.63, 3.8) is 0 Å². The zero-order chi connectivity index (χ0) is 16.3. The standard InChI is InChI=1S/C15H17ClN4O2S/c16-11-3-1-2-10(8-11)12-19-20-14(23-12)18-13(21)15(9-17)4-6-22-7-5-15/h1-3,8H,4-7,9,17H2,(H,18,20,21). The van der Waals surface area contributed by atoms with Crippen molar-refractivity contribution in [2.45, 2.75) is 12.8 Å². The first-order valence-electron chi connectivity index (χ1n) is 7.32. The molecule has 2 aromatic rings. The second kappa shape index (κ2) is 6.92. The summed E-state index contributed by atoms with van der Waals surface area (Å²) in [6.45, 7) is 1.39. The molecule has 23 heavy (non-hydrogen) atoms. The highest BCUT2D eigenvalue weighted by atomic mass is 35.5. The molecule has 6 nitrogen and oxygen atoms in total. The van der Waals surface area contributed by atoms with Crippen LogP contribution in [0.25, 0.3) is 10.6 Å². The Labute approximate surface area is 143 Å². The van der Waals surface area contributed by atoms with E-state index in [9.17, 15) is 4.79 Å². The zero-order valence-corrected chi connectivity index (χ0v) is 14.0. The van der Waals surface area contributed by atoms with Gasteiger partial charge in [-0.1, -0.05) is 35.1 Å². The van der Waals surface area contributed by atoms with E-state index in [1.807, 2.05) is 18.2 Å². The van der Waals surface area contributed by atoms with E-state index in [1.54, 1.807) is 6.07 Å². The smallest absolute Gasteiger partial charge is 0.233 e. The lowest BCUT2D eigenvalue weighted by Crippen LogP contribution is -2.46. The average Bonchev–Trinajstić information content (AvgIpc) is 3.04. The third-order valence-electron chi connectivity index (χ3n) is 4.04. The average molecular weight is 353 g/mol. The molecule has 1 amide bonds. The molecule has 1 aliphatic rings. The van der Waals surface area contributed by atoms with Crippen LogP contribution in [0.15, 0.2) is 24.3 Å². The topological polar surface area (TPSA) is 90.1 Å². The van der Waals surface area contributed by atoms with Gasteiger partial charge in [-0.2, -0.15) is 0 Å². The first kappa shape index (κ1) is 16.3. The molecule has 0 bridgehead atoms. The number of amides is 1. The van der Waals surface area contributed by atoms with Crippen molar-refractivity contribution in [1.82, 2.24) is 10.2 Å². The number of nitrogens with two attached hydrogens (primary N) is 1. The molecule has 0 saturated carbocycles. The maximum atomic E-state index is 12.6. The van der Waals surface area contributed by atoms with Crippen LogP contribution in [0, 0.1) is 5.41 Å². The number of aromatic nitrogens is 2. The predicted molar refractivity (Wildman–Crippen MR) is 90.5 cm³/mol. The van der Waals surface area contributed by atoms with Gasteiger partial charge >= 0.3 is 0 Å². The third kappa shape index (κ3) is 3.53. The lowest BCUT2D eigenvalue weighted by molar-refractivity contribution is -0.130. The first-order chi connectivity index (χ1) is 11.1. The van der Waals surface area contributed by atoms with Gasteiger partial charge in [0.25, 0.3) is 0 Å². The van der Waals surface area contributed by atoms with Crippen LogP contribution in [0.1, 0.15) is 12.8 Å². The van der Waals surface area contributed by atoms with Crippen molar-refractivity contribution in [2.75, 3.05) is 25.1 Å². The minimum Gasteiger partial charge on any atom is -0.381 e. The van der Waals surface area contributed by atoms with Gasteiger partial charge in [0.2, 0.25) is 11.0 Å². The van der Waals surface area contributed by atoms with Crippen molar-refractivity contribution in [2.24, 2.45) is 11.1 Å². The van der Waals surface area contributed by atoms with Crippen molar-refractivity contribution < 1.29 is 9.53 Å². The predicted octanol–water partition coefficient (Wildman–Crippen LogP) is 2.55. The van der Waals surface area contributed by atoms with Crippen molar-refractivity contribution in [3.8, 4) is 10.6 Å². The van der Waals surface area contributed by atoms with E-state index in [1.165, 1.54) is 11.3 Å². The summed E-state index contributed by atoms with van der Waals surface area (Å²) in [5.41, 5.74) is 6.13. The van der Waals surface area contributed by atoms with Crippen LogP contribution in [0.5, 0.6) is 0 Å². The lowest BCUT2D eigenvalue weighted by atomic mass is 9.79. The van der Waals surface area contributed by atoms with Crippen LogP contribution in [0.2, 0.25) is 5.02 Å². The van der Waals surface area contributed by atoms with Gasteiger partial charge in [-0.3, -0.25) is 10.1 Å². The highest BCUT2D eigenvalue weighted by Gasteiger charge is 2.39.